The van der Waals surface area contributed by atoms with Gasteiger partial charge in [-0.3, -0.25) is 14.1 Å². The molecule has 0 radical (unpaired) electrons. The van der Waals surface area contributed by atoms with Crippen LogP contribution < -0.4 is 5.32 Å². The Kier molecular flexibility index (Phi) is 12.1. The van der Waals surface area contributed by atoms with Gasteiger partial charge in [-0.05, 0) is 117 Å². The molecule has 1 amide bonds. The molecule has 0 saturated heterocycles. The highest BCUT2D eigenvalue weighted by Gasteiger charge is 2.60. The number of carbonyl (C=O) groups excluding carboxylic acids is 2. The van der Waals surface area contributed by atoms with E-state index in [2.05, 4.69) is 33.0 Å². The molecule has 4 rings (SSSR count). The molecule has 0 aliphatic heterocycles. The minimum Gasteiger partial charge on any atom is -0.462 e. The summed E-state index contributed by atoms with van der Waals surface area (Å²) >= 11 is 0. The van der Waals surface area contributed by atoms with E-state index in [1.807, 2.05) is 0 Å². The van der Waals surface area contributed by atoms with Crippen molar-refractivity contribution >= 4 is 22.0 Å². The summed E-state index contributed by atoms with van der Waals surface area (Å²) in [4.78, 5) is 24.9. The van der Waals surface area contributed by atoms with Crippen molar-refractivity contribution in [2.24, 2.45) is 46.3 Å². The van der Waals surface area contributed by atoms with Gasteiger partial charge in [0.25, 0.3) is 10.1 Å². The van der Waals surface area contributed by atoms with E-state index in [1.165, 1.54) is 70.6 Å². The summed E-state index contributed by atoms with van der Waals surface area (Å²) in [5, 5.41) is 2.64. The van der Waals surface area contributed by atoms with Crippen LogP contribution in [0.3, 0.4) is 0 Å². The van der Waals surface area contributed by atoms with Crippen LogP contribution in [0.15, 0.2) is 0 Å². The van der Waals surface area contributed by atoms with Gasteiger partial charge >= 0.3 is 5.97 Å². The van der Waals surface area contributed by atoms with Gasteiger partial charge in [0, 0.05) is 19.4 Å². The second-order valence-corrected chi connectivity index (χ2v) is 17.0. The highest BCUT2D eigenvalue weighted by molar-refractivity contribution is 7.85. The fraction of sp³-hybridized carbons (Fsp3) is 0.943. The first-order valence-electron chi connectivity index (χ1n) is 17.8. The lowest BCUT2D eigenvalue weighted by molar-refractivity contribution is -0.162. The number of fused-ring (bicyclic) bond motifs is 5. The van der Waals surface area contributed by atoms with Crippen molar-refractivity contribution in [1.29, 1.82) is 0 Å². The van der Waals surface area contributed by atoms with Crippen molar-refractivity contribution in [3.05, 3.63) is 0 Å². The number of ether oxygens (including phenoxy) is 1. The molecule has 4 aliphatic rings. The number of esters is 1. The average Bonchev–Trinajstić information content (AvgIpc) is 3.30. The number of amides is 1. The number of carbonyl (C=O) groups is 2. The van der Waals surface area contributed by atoms with Crippen molar-refractivity contribution in [1.82, 2.24) is 5.32 Å². The Hall–Kier alpha value is -1.15. The maximum Gasteiger partial charge on any atom is 0.306 e. The fourth-order valence-electron chi connectivity index (χ4n) is 10.6. The minimum atomic E-state index is -4.06. The van der Waals surface area contributed by atoms with Crippen LogP contribution >= 0.6 is 0 Å². The SMILES string of the molecule is CCCCCCCCC(=O)OC1CCC2(C)C(CCC3C2CCC2(C)C(C(C)CCC(=O)NCCS(=O)(=O)O)CCC32)C1. The lowest BCUT2D eigenvalue weighted by Gasteiger charge is -2.61. The van der Waals surface area contributed by atoms with Gasteiger partial charge in [-0.15, -0.1) is 0 Å². The first-order valence-corrected chi connectivity index (χ1v) is 19.4. The van der Waals surface area contributed by atoms with Gasteiger partial charge in [-0.1, -0.05) is 59.8 Å². The molecule has 0 aromatic rings. The van der Waals surface area contributed by atoms with E-state index in [4.69, 9.17) is 9.29 Å². The van der Waals surface area contributed by atoms with Crippen LogP contribution in [0.2, 0.25) is 0 Å². The van der Waals surface area contributed by atoms with Crippen LogP contribution in [0.5, 0.6) is 0 Å². The Labute approximate surface area is 262 Å². The predicted molar refractivity (Wildman–Crippen MR) is 171 cm³/mol. The van der Waals surface area contributed by atoms with Crippen LogP contribution in [0, 0.1) is 46.3 Å². The van der Waals surface area contributed by atoms with Gasteiger partial charge in [0.05, 0.1) is 5.75 Å². The topological polar surface area (TPSA) is 110 Å². The second-order valence-electron chi connectivity index (χ2n) is 15.4. The molecule has 7 nitrogen and oxygen atoms in total. The molecule has 9 unspecified atom stereocenters. The molecule has 4 fully saturated rings. The van der Waals surface area contributed by atoms with Gasteiger partial charge in [0.1, 0.15) is 6.10 Å². The van der Waals surface area contributed by atoms with E-state index in [0.717, 1.165) is 49.9 Å². The summed E-state index contributed by atoms with van der Waals surface area (Å²) in [6, 6.07) is 0. The van der Waals surface area contributed by atoms with Crippen molar-refractivity contribution in [2.45, 2.75) is 149 Å². The number of nitrogens with one attached hydrogen (secondary N) is 1. The molecule has 0 heterocycles. The Morgan fingerprint density at radius 2 is 1.60 bits per heavy atom. The van der Waals surface area contributed by atoms with Gasteiger partial charge in [0.2, 0.25) is 5.91 Å². The molecule has 0 aromatic heterocycles. The average molecular weight is 624 g/mol. The maximum atomic E-state index is 12.6. The Balaban J connectivity index is 1.25. The van der Waals surface area contributed by atoms with Crippen LogP contribution in [0.4, 0.5) is 0 Å². The van der Waals surface area contributed by atoms with Crippen molar-refractivity contribution < 1.29 is 27.3 Å². The highest BCUT2D eigenvalue weighted by Crippen LogP contribution is 2.68. The van der Waals surface area contributed by atoms with E-state index >= 15 is 0 Å². The molecule has 4 aliphatic carbocycles. The second kappa shape index (κ2) is 15.0. The van der Waals surface area contributed by atoms with Gasteiger partial charge in [-0.2, -0.15) is 8.42 Å². The quantitative estimate of drug-likeness (QED) is 0.110. The largest absolute Gasteiger partial charge is 0.462 e. The summed E-state index contributed by atoms with van der Waals surface area (Å²) in [5.41, 5.74) is 0.685. The molecule has 0 spiro atoms. The van der Waals surface area contributed by atoms with Crippen LogP contribution in [-0.2, 0) is 24.4 Å². The van der Waals surface area contributed by atoms with Crippen molar-refractivity contribution in [2.75, 3.05) is 12.3 Å². The van der Waals surface area contributed by atoms with Gasteiger partial charge in [-0.25, -0.2) is 0 Å². The first-order chi connectivity index (χ1) is 20.4. The summed E-state index contributed by atoms with van der Waals surface area (Å²) in [5.74, 6) is 3.50. The summed E-state index contributed by atoms with van der Waals surface area (Å²) in [6.07, 6.45) is 20.0. The van der Waals surface area contributed by atoms with Crippen LogP contribution in [0.25, 0.3) is 0 Å². The molecule has 4 saturated carbocycles. The molecule has 248 valence electrons. The zero-order chi connectivity index (χ0) is 31.3. The maximum absolute atomic E-state index is 12.6. The molecule has 43 heavy (non-hydrogen) atoms. The third-order valence-electron chi connectivity index (χ3n) is 12.9. The molecule has 0 bridgehead atoms. The van der Waals surface area contributed by atoms with E-state index in [0.29, 0.717) is 41.4 Å². The normalized spacial score (nSPS) is 36.2. The zero-order valence-electron chi connectivity index (χ0n) is 27.6. The molecule has 2 N–H and O–H groups in total. The molecular formula is C35H61NO6S. The third-order valence-corrected chi connectivity index (χ3v) is 13.6. The van der Waals surface area contributed by atoms with E-state index < -0.39 is 15.9 Å². The van der Waals surface area contributed by atoms with E-state index in [-0.39, 0.29) is 24.5 Å². The van der Waals surface area contributed by atoms with Crippen LogP contribution in [-0.4, -0.2) is 43.2 Å². The highest BCUT2D eigenvalue weighted by atomic mass is 32.2. The molecule has 0 aromatic carbocycles. The van der Waals surface area contributed by atoms with Crippen LogP contribution in [0.1, 0.15) is 143 Å². The van der Waals surface area contributed by atoms with E-state index in [9.17, 15) is 18.0 Å². The summed E-state index contributed by atoms with van der Waals surface area (Å²) in [7, 11) is -4.06. The summed E-state index contributed by atoms with van der Waals surface area (Å²) in [6.45, 7) is 9.61. The predicted octanol–water partition coefficient (Wildman–Crippen LogP) is 7.73. The number of unbranched alkanes of at least 4 members (excludes halogenated alkanes) is 5. The minimum absolute atomic E-state index is 0.0212. The van der Waals surface area contributed by atoms with Gasteiger partial charge < -0.3 is 10.1 Å². The Morgan fingerprint density at radius 3 is 2.35 bits per heavy atom. The van der Waals surface area contributed by atoms with Crippen molar-refractivity contribution in [3.8, 4) is 0 Å². The zero-order valence-corrected chi connectivity index (χ0v) is 28.4. The lowest BCUT2D eigenvalue weighted by atomic mass is 9.44. The third kappa shape index (κ3) is 8.56. The van der Waals surface area contributed by atoms with E-state index in [1.54, 1.807) is 0 Å². The first kappa shape index (κ1) is 34.7. The fourth-order valence-corrected chi connectivity index (χ4v) is 10.9. The number of hydrogen-bond acceptors (Lipinski definition) is 5. The van der Waals surface area contributed by atoms with Gasteiger partial charge in [0.15, 0.2) is 0 Å². The summed E-state index contributed by atoms with van der Waals surface area (Å²) < 4.78 is 36.8. The molecule has 9 atom stereocenters. The standard InChI is InChI=1S/C35H61NO6S/c1-5-6-7-8-9-10-11-33(38)42-27-18-20-34(3)26(24-27)13-14-28-30-16-15-29(35(30,4)21-19-31(28)34)25(2)12-17-32(37)36-22-23-43(39,40)41/h25-31H,5-24H2,1-4H3,(H,36,37)(H,39,40,41). The molecule has 8 heteroatoms. The van der Waals surface area contributed by atoms with Crippen molar-refractivity contribution in [3.63, 3.8) is 0 Å². The number of hydrogen-bond donors (Lipinski definition) is 2. The smallest absolute Gasteiger partial charge is 0.306 e. The molecular weight excluding hydrogens is 562 g/mol. The monoisotopic (exact) mass is 623 g/mol. The number of rotatable bonds is 15. The Bertz CT molecular complexity index is 1050. The lowest BCUT2D eigenvalue weighted by Crippen LogP contribution is -2.54. The Morgan fingerprint density at radius 1 is 0.907 bits per heavy atom.